The van der Waals surface area contributed by atoms with E-state index >= 15 is 0 Å². The molecule has 0 bridgehead atoms. The smallest absolute Gasteiger partial charge is 0.255 e. The summed E-state index contributed by atoms with van der Waals surface area (Å²) >= 11 is 0. The fourth-order valence-electron chi connectivity index (χ4n) is 1.86. The molecule has 126 valence electrons. The number of rotatable bonds is 6. The van der Waals surface area contributed by atoms with E-state index in [0.717, 1.165) is 5.56 Å². The molecule has 0 aliphatic carbocycles. The van der Waals surface area contributed by atoms with Gasteiger partial charge in [0.1, 0.15) is 0 Å². The van der Waals surface area contributed by atoms with E-state index in [0.29, 0.717) is 11.4 Å². The van der Waals surface area contributed by atoms with Crippen molar-refractivity contribution >= 4 is 27.3 Å². The summed E-state index contributed by atoms with van der Waals surface area (Å²) in [6.45, 7) is 1.30. The summed E-state index contributed by atoms with van der Waals surface area (Å²) in [7, 11) is -3.73. The molecule has 24 heavy (non-hydrogen) atoms. The van der Waals surface area contributed by atoms with E-state index in [4.69, 9.17) is 5.73 Å². The van der Waals surface area contributed by atoms with Crippen LogP contribution < -0.4 is 15.9 Å². The van der Waals surface area contributed by atoms with Gasteiger partial charge in [0.2, 0.25) is 10.0 Å². The van der Waals surface area contributed by atoms with Crippen molar-refractivity contribution in [2.24, 2.45) is 5.10 Å². The maximum absolute atomic E-state index is 12.0. The van der Waals surface area contributed by atoms with Gasteiger partial charge in [-0.05, 0) is 36.8 Å². The van der Waals surface area contributed by atoms with Crippen LogP contribution in [0, 0.1) is 0 Å². The lowest BCUT2D eigenvalue weighted by molar-refractivity contribution is -0.119. The van der Waals surface area contributed by atoms with Crippen LogP contribution >= 0.6 is 0 Å². The number of hydrazone groups is 1. The molecule has 4 N–H and O–H groups in total. The second kappa shape index (κ2) is 7.71. The van der Waals surface area contributed by atoms with Crippen molar-refractivity contribution in [2.75, 3.05) is 12.3 Å². The molecule has 0 saturated heterocycles. The highest BCUT2D eigenvalue weighted by Crippen LogP contribution is 2.08. The van der Waals surface area contributed by atoms with Gasteiger partial charge >= 0.3 is 0 Å². The molecule has 2 aromatic carbocycles. The van der Waals surface area contributed by atoms with Crippen LogP contribution in [-0.4, -0.2) is 26.6 Å². The summed E-state index contributed by atoms with van der Waals surface area (Å²) in [5.74, 6) is -0.572. The summed E-state index contributed by atoms with van der Waals surface area (Å²) in [4.78, 5) is 11.8. The number of carbonyl (C=O) groups excluding carboxylic acids is 1. The zero-order valence-electron chi connectivity index (χ0n) is 13.1. The van der Waals surface area contributed by atoms with Crippen LogP contribution in [-0.2, 0) is 14.8 Å². The number of amides is 1. The van der Waals surface area contributed by atoms with Crippen LogP contribution in [0.2, 0.25) is 0 Å². The molecule has 8 heteroatoms. The van der Waals surface area contributed by atoms with Gasteiger partial charge in [-0.3, -0.25) is 4.79 Å². The van der Waals surface area contributed by atoms with Gasteiger partial charge < -0.3 is 5.73 Å². The third-order valence-electron chi connectivity index (χ3n) is 3.13. The van der Waals surface area contributed by atoms with Gasteiger partial charge in [-0.1, -0.05) is 30.3 Å². The number of nitrogens with zero attached hydrogens (tertiary/aromatic N) is 1. The topological polar surface area (TPSA) is 114 Å². The molecule has 0 spiro atoms. The van der Waals surface area contributed by atoms with Crippen molar-refractivity contribution in [1.82, 2.24) is 10.1 Å². The Hall–Kier alpha value is -2.71. The first kappa shape index (κ1) is 17.6. The number of nitrogens with one attached hydrogen (secondary N) is 2. The Bertz CT molecular complexity index is 849. The monoisotopic (exact) mass is 346 g/mol. The van der Waals surface area contributed by atoms with Gasteiger partial charge in [-0.15, -0.1) is 0 Å². The molecule has 0 heterocycles. The van der Waals surface area contributed by atoms with Crippen LogP contribution in [0.3, 0.4) is 0 Å². The van der Waals surface area contributed by atoms with E-state index in [9.17, 15) is 13.2 Å². The second-order valence-corrected chi connectivity index (χ2v) is 6.76. The highest BCUT2D eigenvalue weighted by molar-refractivity contribution is 7.89. The number of nitrogens with two attached hydrogens (primary N) is 1. The molecule has 0 radical (unpaired) electrons. The minimum absolute atomic E-state index is 0.0947. The van der Waals surface area contributed by atoms with Gasteiger partial charge in [-0.2, -0.15) is 5.10 Å². The highest BCUT2D eigenvalue weighted by atomic mass is 32.2. The molecule has 2 aromatic rings. The van der Waals surface area contributed by atoms with Crippen molar-refractivity contribution in [3.05, 3.63) is 60.2 Å². The average molecular weight is 346 g/mol. The largest absolute Gasteiger partial charge is 0.399 e. The lowest BCUT2D eigenvalue weighted by Crippen LogP contribution is -2.35. The lowest BCUT2D eigenvalue weighted by Gasteiger charge is -2.06. The minimum Gasteiger partial charge on any atom is -0.399 e. The first-order valence-electron chi connectivity index (χ1n) is 7.12. The number of hydrogen-bond donors (Lipinski definition) is 3. The van der Waals surface area contributed by atoms with Gasteiger partial charge in [0.15, 0.2) is 0 Å². The van der Waals surface area contributed by atoms with Gasteiger partial charge in [0.25, 0.3) is 5.91 Å². The fourth-order valence-corrected chi connectivity index (χ4v) is 2.86. The Labute approximate surface area is 140 Å². The molecule has 0 aliphatic heterocycles. The summed E-state index contributed by atoms with van der Waals surface area (Å²) < 4.78 is 26.2. The molecule has 0 saturated carbocycles. The lowest BCUT2D eigenvalue weighted by atomic mass is 10.1. The van der Waals surface area contributed by atoms with Gasteiger partial charge in [-0.25, -0.2) is 18.6 Å². The highest BCUT2D eigenvalue weighted by Gasteiger charge is 2.14. The van der Waals surface area contributed by atoms with E-state index in [1.807, 2.05) is 0 Å². The molecule has 0 unspecified atom stereocenters. The maximum Gasteiger partial charge on any atom is 0.255 e. The Kier molecular flexibility index (Phi) is 5.67. The van der Waals surface area contributed by atoms with Gasteiger partial charge in [0.05, 0.1) is 17.2 Å². The predicted molar refractivity (Wildman–Crippen MR) is 92.8 cm³/mol. The molecule has 2 rings (SSSR count). The average Bonchev–Trinajstić information content (AvgIpc) is 2.58. The first-order valence-corrected chi connectivity index (χ1v) is 8.60. The van der Waals surface area contributed by atoms with E-state index in [1.165, 1.54) is 12.1 Å². The minimum atomic E-state index is -3.73. The summed E-state index contributed by atoms with van der Waals surface area (Å²) in [5.41, 5.74) is 9.90. The number of benzene rings is 2. The molecule has 7 nitrogen and oxygen atoms in total. The Morgan fingerprint density at radius 3 is 2.50 bits per heavy atom. The van der Waals surface area contributed by atoms with Crippen molar-refractivity contribution < 1.29 is 13.2 Å². The van der Waals surface area contributed by atoms with Crippen molar-refractivity contribution in [3.63, 3.8) is 0 Å². The molecule has 0 aliphatic rings. The number of anilines is 1. The SMILES string of the molecule is C/C(=N/NC(=O)CNS(=O)(=O)c1ccccc1)c1cccc(N)c1. The quantitative estimate of drug-likeness (QED) is 0.413. The van der Waals surface area contributed by atoms with Crippen molar-refractivity contribution in [2.45, 2.75) is 11.8 Å². The molecular weight excluding hydrogens is 328 g/mol. The molecule has 0 atom stereocenters. The molecule has 0 aromatic heterocycles. The zero-order valence-corrected chi connectivity index (χ0v) is 13.9. The van der Waals surface area contributed by atoms with Crippen LogP contribution in [0.1, 0.15) is 12.5 Å². The van der Waals surface area contributed by atoms with Crippen molar-refractivity contribution in [1.29, 1.82) is 0 Å². The molecule has 1 amide bonds. The number of sulfonamides is 1. The molecule has 0 fully saturated rings. The Morgan fingerprint density at radius 2 is 1.83 bits per heavy atom. The van der Waals surface area contributed by atoms with Crippen LogP contribution in [0.15, 0.2) is 64.6 Å². The summed E-state index contributed by atoms with van der Waals surface area (Å²) in [5, 5.41) is 3.94. The van der Waals surface area contributed by atoms with Crippen LogP contribution in [0.5, 0.6) is 0 Å². The number of hydrogen-bond acceptors (Lipinski definition) is 5. The predicted octanol–water partition coefficient (Wildman–Crippen LogP) is 1.09. The van der Waals surface area contributed by atoms with Crippen LogP contribution in [0.25, 0.3) is 0 Å². The van der Waals surface area contributed by atoms with E-state index in [1.54, 1.807) is 49.4 Å². The van der Waals surface area contributed by atoms with E-state index in [-0.39, 0.29) is 4.90 Å². The maximum atomic E-state index is 12.0. The summed E-state index contributed by atoms with van der Waals surface area (Å²) in [6.07, 6.45) is 0. The normalized spacial score (nSPS) is 12.0. The fraction of sp³-hybridized carbons (Fsp3) is 0.125. The third kappa shape index (κ3) is 4.90. The first-order chi connectivity index (χ1) is 11.4. The van der Waals surface area contributed by atoms with Crippen LogP contribution in [0.4, 0.5) is 5.69 Å². The molecular formula is C16H18N4O3S. The Morgan fingerprint density at radius 1 is 1.12 bits per heavy atom. The Balaban J connectivity index is 1.93. The van der Waals surface area contributed by atoms with Crippen molar-refractivity contribution in [3.8, 4) is 0 Å². The van der Waals surface area contributed by atoms with E-state index in [2.05, 4.69) is 15.2 Å². The third-order valence-corrected chi connectivity index (χ3v) is 4.55. The summed E-state index contributed by atoms with van der Waals surface area (Å²) in [6, 6.07) is 14.9. The zero-order chi connectivity index (χ0) is 17.6. The number of carbonyl (C=O) groups is 1. The van der Waals surface area contributed by atoms with Gasteiger partial charge in [0, 0.05) is 5.69 Å². The standard InChI is InChI=1S/C16H18N4O3S/c1-12(13-6-5-7-14(17)10-13)19-20-16(21)11-18-24(22,23)15-8-3-2-4-9-15/h2-10,18H,11,17H2,1H3,(H,20,21)/b19-12-. The number of nitrogen functional groups attached to an aromatic ring is 1. The van der Waals surface area contributed by atoms with E-state index < -0.39 is 22.5 Å². The second-order valence-electron chi connectivity index (χ2n) is 5.00.